The first-order chi connectivity index (χ1) is 9.61. The summed E-state index contributed by atoms with van der Waals surface area (Å²) in [6.07, 6.45) is 0. The summed E-state index contributed by atoms with van der Waals surface area (Å²) in [6, 6.07) is 10.5. The van der Waals surface area contributed by atoms with Gasteiger partial charge >= 0.3 is 0 Å². The van der Waals surface area contributed by atoms with Crippen molar-refractivity contribution in [2.75, 3.05) is 37.0 Å². The van der Waals surface area contributed by atoms with Crippen molar-refractivity contribution in [2.24, 2.45) is 0 Å². The Morgan fingerprint density at radius 3 is 2.40 bits per heavy atom. The van der Waals surface area contributed by atoms with Gasteiger partial charge in [0, 0.05) is 41.8 Å². The van der Waals surface area contributed by atoms with Crippen molar-refractivity contribution in [3.63, 3.8) is 0 Å². The molecule has 6 N–H and O–H groups in total. The summed E-state index contributed by atoms with van der Waals surface area (Å²) < 4.78 is 5.02. The van der Waals surface area contributed by atoms with Crippen molar-refractivity contribution in [1.29, 1.82) is 0 Å². The minimum atomic E-state index is 0.166. The standard InChI is InChI=1S/C15H19N3O2/c1-20-7-6-18-14-4-2-10(16)8-12(14)13-9-11(17)3-5-15(13)19/h2-5,8-9,18-19H,6-7,16-17H2,1H3. The molecule has 2 aromatic rings. The van der Waals surface area contributed by atoms with Gasteiger partial charge in [-0.1, -0.05) is 0 Å². The fourth-order valence-corrected chi connectivity index (χ4v) is 2.00. The third-order valence-electron chi connectivity index (χ3n) is 2.98. The summed E-state index contributed by atoms with van der Waals surface area (Å²) in [7, 11) is 1.65. The third kappa shape index (κ3) is 3.13. The topological polar surface area (TPSA) is 93.5 Å². The quantitative estimate of drug-likeness (QED) is 0.381. The van der Waals surface area contributed by atoms with Crippen LogP contribution in [0, 0.1) is 0 Å². The van der Waals surface area contributed by atoms with Gasteiger partial charge in [-0.05, 0) is 36.4 Å². The van der Waals surface area contributed by atoms with Gasteiger partial charge in [0.25, 0.3) is 0 Å². The van der Waals surface area contributed by atoms with Crippen LogP contribution in [-0.2, 0) is 4.74 Å². The van der Waals surface area contributed by atoms with Gasteiger partial charge in [0.2, 0.25) is 0 Å². The summed E-state index contributed by atoms with van der Waals surface area (Å²) in [6.45, 7) is 1.25. The van der Waals surface area contributed by atoms with Crippen LogP contribution in [-0.4, -0.2) is 25.4 Å². The fourth-order valence-electron chi connectivity index (χ4n) is 2.00. The molecule has 0 amide bonds. The smallest absolute Gasteiger partial charge is 0.123 e. The molecule has 0 saturated carbocycles. The Morgan fingerprint density at radius 1 is 1.05 bits per heavy atom. The second-order valence-corrected chi connectivity index (χ2v) is 4.50. The normalized spacial score (nSPS) is 10.4. The highest BCUT2D eigenvalue weighted by atomic mass is 16.5. The lowest BCUT2D eigenvalue weighted by atomic mass is 10.0. The van der Waals surface area contributed by atoms with Crippen LogP contribution in [0.4, 0.5) is 17.1 Å². The van der Waals surface area contributed by atoms with Crippen LogP contribution in [0.5, 0.6) is 5.75 Å². The van der Waals surface area contributed by atoms with E-state index in [-0.39, 0.29) is 5.75 Å². The SMILES string of the molecule is COCCNc1ccc(N)cc1-c1cc(N)ccc1O. The molecule has 106 valence electrons. The van der Waals surface area contributed by atoms with Gasteiger partial charge in [0.1, 0.15) is 5.75 Å². The van der Waals surface area contributed by atoms with Crippen LogP contribution in [0.25, 0.3) is 11.1 Å². The summed E-state index contributed by atoms with van der Waals surface area (Å²) in [5, 5.41) is 13.3. The lowest BCUT2D eigenvalue weighted by Gasteiger charge is -2.14. The largest absolute Gasteiger partial charge is 0.507 e. The van der Waals surface area contributed by atoms with Crippen molar-refractivity contribution in [3.8, 4) is 16.9 Å². The Kier molecular flexibility index (Phi) is 4.32. The number of ether oxygens (including phenoxy) is 1. The number of benzene rings is 2. The van der Waals surface area contributed by atoms with Crippen LogP contribution in [0.3, 0.4) is 0 Å². The molecule has 2 rings (SSSR count). The van der Waals surface area contributed by atoms with Crippen LogP contribution < -0.4 is 16.8 Å². The molecule has 0 heterocycles. The maximum Gasteiger partial charge on any atom is 0.123 e. The van der Waals surface area contributed by atoms with E-state index in [0.29, 0.717) is 30.1 Å². The van der Waals surface area contributed by atoms with Gasteiger partial charge in [0.15, 0.2) is 0 Å². The number of aromatic hydroxyl groups is 1. The number of phenols is 1. The Hall–Kier alpha value is -2.40. The second kappa shape index (κ2) is 6.16. The van der Waals surface area contributed by atoms with E-state index in [1.165, 1.54) is 0 Å². The number of nitrogen functional groups attached to an aromatic ring is 2. The molecule has 0 aliphatic carbocycles. The molecule has 0 aliphatic rings. The fraction of sp³-hybridized carbons (Fsp3) is 0.200. The van der Waals surface area contributed by atoms with Gasteiger partial charge in [-0.3, -0.25) is 0 Å². The summed E-state index contributed by atoms with van der Waals surface area (Å²) in [5.41, 5.74) is 15.2. The number of hydrogen-bond donors (Lipinski definition) is 4. The van der Waals surface area contributed by atoms with Gasteiger partial charge < -0.3 is 26.6 Å². The van der Waals surface area contributed by atoms with Crippen molar-refractivity contribution in [1.82, 2.24) is 0 Å². The van der Waals surface area contributed by atoms with Gasteiger partial charge in [-0.2, -0.15) is 0 Å². The first-order valence-corrected chi connectivity index (χ1v) is 6.33. The molecule has 0 spiro atoms. The Labute approximate surface area is 118 Å². The van der Waals surface area contributed by atoms with Crippen LogP contribution >= 0.6 is 0 Å². The number of nitrogens with two attached hydrogens (primary N) is 2. The van der Waals surface area contributed by atoms with E-state index in [1.54, 1.807) is 25.3 Å². The summed E-state index contributed by atoms with van der Waals surface area (Å²) in [4.78, 5) is 0. The molecule has 20 heavy (non-hydrogen) atoms. The molecule has 0 aliphatic heterocycles. The maximum absolute atomic E-state index is 10.0. The molecule has 0 bridgehead atoms. The highest BCUT2D eigenvalue weighted by Gasteiger charge is 2.10. The maximum atomic E-state index is 10.0. The first kappa shape index (κ1) is 14.0. The summed E-state index contributed by atoms with van der Waals surface area (Å²) >= 11 is 0. The minimum absolute atomic E-state index is 0.166. The van der Waals surface area contributed by atoms with E-state index in [1.807, 2.05) is 18.2 Å². The lowest BCUT2D eigenvalue weighted by molar-refractivity contribution is 0.211. The molecule has 5 nitrogen and oxygen atoms in total. The van der Waals surface area contributed by atoms with Crippen molar-refractivity contribution in [2.45, 2.75) is 0 Å². The number of anilines is 3. The minimum Gasteiger partial charge on any atom is -0.507 e. The number of methoxy groups -OCH3 is 1. The Balaban J connectivity index is 2.42. The van der Waals surface area contributed by atoms with E-state index in [2.05, 4.69) is 5.32 Å². The van der Waals surface area contributed by atoms with Crippen molar-refractivity contribution < 1.29 is 9.84 Å². The number of phenolic OH excluding ortho intramolecular Hbond substituents is 1. The van der Waals surface area contributed by atoms with E-state index in [0.717, 1.165) is 11.3 Å². The average molecular weight is 273 g/mol. The molecule has 0 unspecified atom stereocenters. The average Bonchev–Trinajstić information content (AvgIpc) is 2.43. The lowest BCUT2D eigenvalue weighted by Crippen LogP contribution is -2.08. The van der Waals surface area contributed by atoms with Crippen molar-refractivity contribution >= 4 is 17.1 Å². The van der Waals surface area contributed by atoms with Crippen LogP contribution in [0.1, 0.15) is 0 Å². The van der Waals surface area contributed by atoms with Crippen LogP contribution in [0.15, 0.2) is 36.4 Å². The molecule has 0 saturated heterocycles. The molecule has 2 aromatic carbocycles. The molecule has 0 radical (unpaired) electrons. The molecule has 5 heteroatoms. The molecule has 0 fully saturated rings. The first-order valence-electron chi connectivity index (χ1n) is 6.33. The zero-order chi connectivity index (χ0) is 14.5. The second-order valence-electron chi connectivity index (χ2n) is 4.50. The van der Waals surface area contributed by atoms with E-state index in [9.17, 15) is 5.11 Å². The van der Waals surface area contributed by atoms with E-state index >= 15 is 0 Å². The van der Waals surface area contributed by atoms with Crippen molar-refractivity contribution in [3.05, 3.63) is 36.4 Å². The number of nitrogens with one attached hydrogen (secondary N) is 1. The predicted octanol–water partition coefficient (Wildman–Crippen LogP) is 2.28. The van der Waals surface area contributed by atoms with Gasteiger partial charge in [-0.25, -0.2) is 0 Å². The van der Waals surface area contributed by atoms with Gasteiger partial charge in [0.05, 0.1) is 6.61 Å². The number of rotatable bonds is 5. The summed E-state index contributed by atoms with van der Waals surface area (Å²) in [5.74, 6) is 0.166. The molecule has 0 aromatic heterocycles. The van der Waals surface area contributed by atoms with Crippen LogP contribution in [0.2, 0.25) is 0 Å². The molecular formula is C15H19N3O2. The highest BCUT2D eigenvalue weighted by molar-refractivity contribution is 5.85. The molecular weight excluding hydrogens is 254 g/mol. The zero-order valence-corrected chi connectivity index (χ0v) is 11.4. The monoisotopic (exact) mass is 273 g/mol. The van der Waals surface area contributed by atoms with Gasteiger partial charge in [-0.15, -0.1) is 0 Å². The Bertz CT molecular complexity index is 600. The molecule has 0 atom stereocenters. The predicted molar refractivity (Wildman–Crippen MR) is 82.7 cm³/mol. The zero-order valence-electron chi connectivity index (χ0n) is 11.4. The highest BCUT2D eigenvalue weighted by Crippen LogP contribution is 2.36. The van der Waals surface area contributed by atoms with E-state index < -0.39 is 0 Å². The third-order valence-corrected chi connectivity index (χ3v) is 2.98. The Morgan fingerprint density at radius 2 is 1.70 bits per heavy atom. The van der Waals surface area contributed by atoms with E-state index in [4.69, 9.17) is 16.2 Å². The number of hydrogen-bond acceptors (Lipinski definition) is 5.